The highest BCUT2D eigenvalue weighted by Gasteiger charge is 2.42. The van der Waals surface area contributed by atoms with Crippen LogP contribution in [-0.2, 0) is 0 Å². The summed E-state index contributed by atoms with van der Waals surface area (Å²) in [6, 6.07) is 16.9. The van der Waals surface area contributed by atoms with Gasteiger partial charge in [0, 0.05) is 19.6 Å². The van der Waals surface area contributed by atoms with Gasteiger partial charge in [-0.15, -0.1) is 0 Å². The molecule has 0 bridgehead atoms. The summed E-state index contributed by atoms with van der Waals surface area (Å²) in [7, 11) is 0. The molecule has 4 nitrogen and oxygen atoms in total. The van der Waals surface area contributed by atoms with Crippen molar-refractivity contribution >= 4 is 0 Å². The number of aliphatic hydroxyl groups excluding tert-OH is 1. The molecule has 0 radical (unpaired) electrons. The molecule has 25 heavy (non-hydrogen) atoms. The number of para-hydroxylation sites is 1. The summed E-state index contributed by atoms with van der Waals surface area (Å²) in [6.07, 6.45) is 2.02. The molecule has 4 atom stereocenters. The van der Waals surface area contributed by atoms with E-state index in [0.29, 0.717) is 24.5 Å². The van der Waals surface area contributed by atoms with Gasteiger partial charge in [0.15, 0.2) is 0 Å². The Balaban J connectivity index is 1.28. The monoisotopic (exact) mass is 339 g/mol. The van der Waals surface area contributed by atoms with Gasteiger partial charge in [0.05, 0.1) is 12.2 Å². The zero-order valence-corrected chi connectivity index (χ0v) is 14.3. The van der Waals surface area contributed by atoms with Crippen molar-refractivity contribution in [2.75, 3.05) is 19.6 Å². The summed E-state index contributed by atoms with van der Waals surface area (Å²) in [4.78, 5) is 2.37. The van der Waals surface area contributed by atoms with Crippen molar-refractivity contribution in [1.82, 2.24) is 4.90 Å². The van der Waals surface area contributed by atoms with E-state index in [2.05, 4.69) is 4.90 Å². The lowest BCUT2D eigenvalue weighted by atomic mass is 10.0. The van der Waals surface area contributed by atoms with E-state index >= 15 is 0 Å². The number of fused-ring (bicyclic) bond motifs is 1. The molecule has 4 rings (SSSR count). The van der Waals surface area contributed by atoms with Crippen molar-refractivity contribution < 1.29 is 14.9 Å². The fraction of sp³-hybridized carbons (Fsp3) is 0.429. The molecule has 2 N–H and O–H groups in total. The number of β-amino-alcohol motifs (C(OH)–C–C–N with tert-alkyl or cyclic N) is 1. The standard InChI is InChI=1S/C21H25NO3/c23-18-8-6-15(7-9-18)21(24)14-22-12-16-10-20(11-17(16)13-22)25-19-4-2-1-3-5-19/h1-9,16-17,20-21,23-24H,10-14H2/t16-,17+,20?,21?. The van der Waals surface area contributed by atoms with E-state index in [9.17, 15) is 10.2 Å². The van der Waals surface area contributed by atoms with E-state index in [4.69, 9.17) is 4.74 Å². The fourth-order valence-electron chi connectivity index (χ4n) is 4.32. The van der Waals surface area contributed by atoms with E-state index in [0.717, 1.165) is 37.2 Å². The molecule has 1 aliphatic heterocycles. The Morgan fingerprint density at radius 3 is 2.24 bits per heavy atom. The lowest BCUT2D eigenvalue weighted by Crippen LogP contribution is -2.28. The van der Waals surface area contributed by atoms with E-state index in [1.54, 1.807) is 24.3 Å². The van der Waals surface area contributed by atoms with Crippen molar-refractivity contribution in [2.45, 2.75) is 25.0 Å². The minimum Gasteiger partial charge on any atom is -0.508 e. The van der Waals surface area contributed by atoms with Crippen LogP contribution < -0.4 is 4.74 Å². The Morgan fingerprint density at radius 2 is 1.60 bits per heavy atom. The van der Waals surface area contributed by atoms with Crippen molar-refractivity contribution in [3.63, 3.8) is 0 Å². The molecule has 1 heterocycles. The first-order valence-electron chi connectivity index (χ1n) is 9.08. The van der Waals surface area contributed by atoms with Crippen LogP contribution in [0.25, 0.3) is 0 Å². The third-order valence-corrected chi connectivity index (χ3v) is 5.54. The number of phenols is 1. The highest BCUT2D eigenvalue weighted by Crippen LogP contribution is 2.40. The molecule has 4 heteroatoms. The highest BCUT2D eigenvalue weighted by molar-refractivity contribution is 5.27. The van der Waals surface area contributed by atoms with Gasteiger partial charge in [-0.2, -0.15) is 0 Å². The van der Waals surface area contributed by atoms with Crippen LogP contribution in [0.5, 0.6) is 11.5 Å². The van der Waals surface area contributed by atoms with Crippen molar-refractivity contribution in [3.8, 4) is 11.5 Å². The number of ether oxygens (including phenoxy) is 1. The maximum atomic E-state index is 10.4. The average molecular weight is 339 g/mol. The number of phenolic OH excluding ortho intramolecular Hbond substituents is 1. The van der Waals surface area contributed by atoms with Crippen molar-refractivity contribution in [2.24, 2.45) is 11.8 Å². The van der Waals surface area contributed by atoms with E-state index in [-0.39, 0.29) is 5.75 Å². The molecule has 2 aromatic rings. The van der Waals surface area contributed by atoms with Crippen LogP contribution in [0, 0.1) is 11.8 Å². The summed E-state index contributed by atoms with van der Waals surface area (Å²) in [5, 5.41) is 19.8. The Kier molecular flexibility index (Phi) is 4.64. The van der Waals surface area contributed by atoms with Gasteiger partial charge in [0.2, 0.25) is 0 Å². The normalized spacial score (nSPS) is 27.2. The second-order valence-electron chi connectivity index (χ2n) is 7.37. The number of benzene rings is 2. The van der Waals surface area contributed by atoms with Crippen LogP contribution in [0.4, 0.5) is 0 Å². The molecular formula is C21H25NO3. The van der Waals surface area contributed by atoms with Gasteiger partial charge < -0.3 is 14.9 Å². The third-order valence-electron chi connectivity index (χ3n) is 5.54. The Bertz CT molecular complexity index is 674. The maximum absolute atomic E-state index is 10.4. The van der Waals surface area contributed by atoms with Gasteiger partial charge >= 0.3 is 0 Å². The zero-order chi connectivity index (χ0) is 17.2. The summed E-state index contributed by atoms with van der Waals surface area (Å²) in [5.74, 6) is 2.53. The summed E-state index contributed by atoms with van der Waals surface area (Å²) in [5.41, 5.74) is 0.861. The molecule has 0 spiro atoms. The smallest absolute Gasteiger partial charge is 0.119 e. The average Bonchev–Trinajstić information content (AvgIpc) is 3.14. The SMILES string of the molecule is Oc1ccc(C(O)CN2C[C@H]3CC(Oc4ccccc4)C[C@H]3C2)cc1. The summed E-state index contributed by atoms with van der Waals surface area (Å²) in [6.45, 7) is 2.73. The van der Waals surface area contributed by atoms with Gasteiger partial charge in [0.25, 0.3) is 0 Å². The quantitative estimate of drug-likeness (QED) is 0.878. The number of hydrogen-bond acceptors (Lipinski definition) is 4. The van der Waals surface area contributed by atoms with Gasteiger partial charge in [-0.25, -0.2) is 0 Å². The zero-order valence-electron chi connectivity index (χ0n) is 14.3. The molecule has 2 unspecified atom stereocenters. The van der Waals surface area contributed by atoms with Gasteiger partial charge in [0.1, 0.15) is 11.5 Å². The van der Waals surface area contributed by atoms with Crippen molar-refractivity contribution in [1.29, 1.82) is 0 Å². The first-order valence-corrected chi connectivity index (χ1v) is 9.08. The molecular weight excluding hydrogens is 314 g/mol. The third kappa shape index (κ3) is 3.80. The number of hydrogen-bond donors (Lipinski definition) is 2. The molecule has 0 amide bonds. The summed E-state index contributed by atoms with van der Waals surface area (Å²) >= 11 is 0. The molecule has 1 aliphatic carbocycles. The van der Waals surface area contributed by atoms with E-state index < -0.39 is 6.10 Å². The van der Waals surface area contributed by atoms with Crippen LogP contribution >= 0.6 is 0 Å². The first kappa shape index (κ1) is 16.4. The van der Waals surface area contributed by atoms with Crippen molar-refractivity contribution in [3.05, 3.63) is 60.2 Å². The molecule has 1 saturated heterocycles. The second kappa shape index (κ2) is 7.06. The molecule has 2 fully saturated rings. The number of likely N-dealkylation sites (tertiary alicyclic amines) is 1. The molecule has 0 aromatic heterocycles. The van der Waals surface area contributed by atoms with E-state index in [1.165, 1.54) is 0 Å². The van der Waals surface area contributed by atoms with Gasteiger partial charge in [-0.3, -0.25) is 4.90 Å². The second-order valence-corrected chi connectivity index (χ2v) is 7.37. The Morgan fingerprint density at radius 1 is 0.960 bits per heavy atom. The highest BCUT2D eigenvalue weighted by atomic mass is 16.5. The minimum absolute atomic E-state index is 0.233. The number of aromatic hydroxyl groups is 1. The Hall–Kier alpha value is -2.04. The van der Waals surface area contributed by atoms with Gasteiger partial charge in [-0.05, 0) is 54.5 Å². The van der Waals surface area contributed by atoms with Crippen LogP contribution in [-0.4, -0.2) is 40.9 Å². The molecule has 2 aromatic carbocycles. The van der Waals surface area contributed by atoms with Crippen LogP contribution in [0.1, 0.15) is 24.5 Å². The van der Waals surface area contributed by atoms with Crippen LogP contribution in [0.15, 0.2) is 54.6 Å². The topological polar surface area (TPSA) is 52.9 Å². The van der Waals surface area contributed by atoms with E-state index in [1.807, 2.05) is 30.3 Å². The predicted molar refractivity (Wildman–Crippen MR) is 96.6 cm³/mol. The number of nitrogens with zero attached hydrogens (tertiary/aromatic N) is 1. The minimum atomic E-state index is -0.504. The first-order chi connectivity index (χ1) is 12.2. The number of aliphatic hydroxyl groups is 1. The Labute approximate surface area is 148 Å². The fourth-order valence-corrected chi connectivity index (χ4v) is 4.32. The number of rotatable bonds is 5. The van der Waals surface area contributed by atoms with Crippen LogP contribution in [0.2, 0.25) is 0 Å². The molecule has 1 saturated carbocycles. The van der Waals surface area contributed by atoms with Gasteiger partial charge in [-0.1, -0.05) is 30.3 Å². The molecule has 132 valence electrons. The lowest BCUT2D eigenvalue weighted by molar-refractivity contribution is 0.116. The lowest BCUT2D eigenvalue weighted by Gasteiger charge is -2.22. The molecule has 2 aliphatic rings. The maximum Gasteiger partial charge on any atom is 0.119 e. The predicted octanol–water partition coefficient (Wildman–Crippen LogP) is 3.22. The summed E-state index contributed by atoms with van der Waals surface area (Å²) < 4.78 is 6.12. The largest absolute Gasteiger partial charge is 0.508 e. The van der Waals surface area contributed by atoms with Crippen LogP contribution in [0.3, 0.4) is 0 Å².